The maximum absolute atomic E-state index is 13.5. The zero-order valence-corrected chi connectivity index (χ0v) is 13.4. The third-order valence-corrected chi connectivity index (χ3v) is 3.51. The number of morpholine rings is 1. The van der Waals surface area contributed by atoms with E-state index in [-0.39, 0.29) is 17.6 Å². The minimum Gasteiger partial charge on any atom is -0.496 e. The molecule has 1 fully saturated rings. The highest BCUT2D eigenvalue weighted by Gasteiger charge is 2.36. The van der Waals surface area contributed by atoms with E-state index in [4.69, 9.17) is 14.2 Å². The van der Waals surface area contributed by atoms with Crippen LogP contribution in [0.4, 0.5) is 4.39 Å². The molecule has 2 rings (SSSR count). The van der Waals surface area contributed by atoms with E-state index < -0.39 is 11.4 Å². The largest absolute Gasteiger partial charge is 0.496 e. The van der Waals surface area contributed by atoms with Gasteiger partial charge in [-0.1, -0.05) is 0 Å². The van der Waals surface area contributed by atoms with Gasteiger partial charge in [0.15, 0.2) is 0 Å². The zero-order chi connectivity index (χ0) is 16.3. The molecule has 1 heterocycles. The molecule has 1 amide bonds. The van der Waals surface area contributed by atoms with Crippen molar-refractivity contribution in [3.05, 3.63) is 29.6 Å². The number of carbonyl (C=O) groups is 1. The molecule has 1 aromatic rings. The normalized spacial score (nSPS) is 20.8. The van der Waals surface area contributed by atoms with Crippen molar-refractivity contribution < 1.29 is 23.4 Å². The Hall–Kier alpha value is -1.66. The summed E-state index contributed by atoms with van der Waals surface area (Å²) in [5.41, 5.74) is -0.270. The summed E-state index contributed by atoms with van der Waals surface area (Å²) in [4.78, 5) is 14.4. The summed E-state index contributed by atoms with van der Waals surface area (Å²) >= 11 is 0. The van der Waals surface area contributed by atoms with Gasteiger partial charge in [0.25, 0.3) is 5.91 Å². The van der Waals surface area contributed by atoms with E-state index >= 15 is 0 Å². The van der Waals surface area contributed by atoms with E-state index in [0.29, 0.717) is 25.4 Å². The van der Waals surface area contributed by atoms with Crippen LogP contribution in [0.5, 0.6) is 5.75 Å². The van der Waals surface area contributed by atoms with Gasteiger partial charge >= 0.3 is 0 Å². The minimum atomic E-state index is -0.488. The molecule has 0 radical (unpaired) electrons. The Morgan fingerprint density at radius 3 is 2.82 bits per heavy atom. The van der Waals surface area contributed by atoms with Crippen molar-refractivity contribution in [3.8, 4) is 5.75 Å². The number of nitrogens with zero attached hydrogens (tertiary/aromatic N) is 1. The van der Waals surface area contributed by atoms with Crippen molar-refractivity contribution in [1.29, 1.82) is 0 Å². The van der Waals surface area contributed by atoms with Crippen LogP contribution in [0.25, 0.3) is 0 Å². The molecule has 6 heteroatoms. The van der Waals surface area contributed by atoms with E-state index in [0.717, 1.165) is 0 Å². The SMILES string of the molecule is COCC1CN(C(=O)c2cc(F)ccc2OC)CC(C)(C)O1. The summed E-state index contributed by atoms with van der Waals surface area (Å²) < 4.78 is 29.7. The standard InChI is InChI=1S/C16H22FNO4/c1-16(2)10-18(8-12(22-16)9-20-3)15(19)13-7-11(17)5-6-14(13)21-4/h5-7,12H,8-10H2,1-4H3. The maximum Gasteiger partial charge on any atom is 0.257 e. The first-order valence-electron chi connectivity index (χ1n) is 7.16. The molecule has 0 N–H and O–H groups in total. The molecule has 1 atom stereocenters. The van der Waals surface area contributed by atoms with Gasteiger partial charge in [0.05, 0.1) is 31.0 Å². The van der Waals surface area contributed by atoms with Gasteiger partial charge in [-0.3, -0.25) is 4.79 Å². The molecule has 1 saturated heterocycles. The zero-order valence-electron chi connectivity index (χ0n) is 13.4. The summed E-state index contributed by atoms with van der Waals surface area (Å²) in [5.74, 6) is -0.377. The fourth-order valence-corrected chi connectivity index (χ4v) is 2.74. The average molecular weight is 311 g/mol. The molecule has 1 aliphatic heterocycles. The topological polar surface area (TPSA) is 48.0 Å². The second-order valence-electron chi connectivity index (χ2n) is 5.99. The van der Waals surface area contributed by atoms with Gasteiger partial charge in [-0.05, 0) is 32.0 Å². The number of halogens is 1. The number of carbonyl (C=O) groups excluding carboxylic acids is 1. The number of hydrogen-bond donors (Lipinski definition) is 0. The molecule has 122 valence electrons. The van der Waals surface area contributed by atoms with Gasteiger partial charge < -0.3 is 19.1 Å². The summed E-state index contributed by atoms with van der Waals surface area (Å²) in [6, 6.07) is 3.93. The monoisotopic (exact) mass is 311 g/mol. The first-order valence-corrected chi connectivity index (χ1v) is 7.16. The van der Waals surface area contributed by atoms with Crippen LogP contribution in [0.2, 0.25) is 0 Å². The third kappa shape index (κ3) is 3.75. The second kappa shape index (κ2) is 6.62. The molecule has 1 aliphatic rings. The van der Waals surface area contributed by atoms with Crippen LogP contribution in [-0.4, -0.2) is 56.4 Å². The highest BCUT2D eigenvalue weighted by Crippen LogP contribution is 2.26. The fraction of sp³-hybridized carbons (Fsp3) is 0.562. The lowest BCUT2D eigenvalue weighted by molar-refractivity contribution is -0.143. The Morgan fingerprint density at radius 2 is 2.18 bits per heavy atom. The van der Waals surface area contributed by atoms with E-state index in [1.54, 1.807) is 12.0 Å². The number of amides is 1. The highest BCUT2D eigenvalue weighted by molar-refractivity contribution is 5.97. The molecule has 0 bridgehead atoms. The first kappa shape index (κ1) is 16.7. The summed E-state index contributed by atoms with van der Waals surface area (Å²) in [6.07, 6.45) is -0.211. The lowest BCUT2D eigenvalue weighted by Crippen LogP contribution is -2.55. The molecular formula is C16H22FNO4. The maximum atomic E-state index is 13.5. The van der Waals surface area contributed by atoms with E-state index in [1.165, 1.54) is 25.3 Å². The van der Waals surface area contributed by atoms with Crippen molar-refractivity contribution in [2.24, 2.45) is 0 Å². The number of benzene rings is 1. The Labute approximate surface area is 130 Å². The highest BCUT2D eigenvalue weighted by atomic mass is 19.1. The molecule has 0 aliphatic carbocycles. The van der Waals surface area contributed by atoms with E-state index in [9.17, 15) is 9.18 Å². The van der Waals surface area contributed by atoms with Crippen molar-refractivity contribution >= 4 is 5.91 Å². The average Bonchev–Trinajstić information content (AvgIpc) is 2.45. The van der Waals surface area contributed by atoms with Crippen LogP contribution in [0.3, 0.4) is 0 Å². The fourth-order valence-electron chi connectivity index (χ4n) is 2.74. The van der Waals surface area contributed by atoms with Gasteiger partial charge in [0.1, 0.15) is 11.6 Å². The van der Waals surface area contributed by atoms with Gasteiger partial charge in [0, 0.05) is 20.2 Å². The van der Waals surface area contributed by atoms with Gasteiger partial charge in [-0.25, -0.2) is 4.39 Å². The Kier molecular flexibility index (Phi) is 5.03. The van der Waals surface area contributed by atoms with Crippen LogP contribution in [0.1, 0.15) is 24.2 Å². The van der Waals surface area contributed by atoms with Crippen molar-refractivity contribution in [1.82, 2.24) is 4.90 Å². The number of methoxy groups -OCH3 is 2. The van der Waals surface area contributed by atoms with Crippen molar-refractivity contribution in [3.63, 3.8) is 0 Å². The lowest BCUT2D eigenvalue weighted by Gasteiger charge is -2.42. The predicted molar refractivity (Wildman–Crippen MR) is 79.7 cm³/mol. The lowest BCUT2D eigenvalue weighted by atomic mass is 10.0. The molecule has 0 aromatic heterocycles. The van der Waals surface area contributed by atoms with Gasteiger partial charge in [-0.15, -0.1) is 0 Å². The van der Waals surface area contributed by atoms with Crippen molar-refractivity contribution in [2.75, 3.05) is 33.9 Å². The Morgan fingerprint density at radius 1 is 1.45 bits per heavy atom. The molecule has 1 aromatic carbocycles. The van der Waals surface area contributed by atoms with Crippen LogP contribution in [0, 0.1) is 5.82 Å². The van der Waals surface area contributed by atoms with Crippen LogP contribution in [-0.2, 0) is 9.47 Å². The van der Waals surface area contributed by atoms with Gasteiger partial charge in [0.2, 0.25) is 0 Å². The van der Waals surface area contributed by atoms with Crippen LogP contribution < -0.4 is 4.74 Å². The predicted octanol–water partition coefficient (Wildman–Crippen LogP) is 2.10. The Bertz CT molecular complexity index is 547. The molecule has 5 nitrogen and oxygen atoms in total. The molecule has 0 spiro atoms. The first-order chi connectivity index (χ1) is 10.4. The minimum absolute atomic E-state index is 0.211. The molecular weight excluding hydrogens is 289 g/mol. The number of ether oxygens (including phenoxy) is 3. The van der Waals surface area contributed by atoms with E-state index in [2.05, 4.69) is 0 Å². The van der Waals surface area contributed by atoms with E-state index in [1.807, 2.05) is 13.8 Å². The molecule has 1 unspecified atom stereocenters. The third-order valence-electron chi connectivity index (χ3n) is 3.51. The molecule has 0 saturated carbocycles. The summed E-state index contributed by atoms with van der Waals surface area (Å²) in [5, 5.41) is 0. The summed E-state index contributed by atoms with van der Waals surface area (Å²) in [7, 11) is 3.05. The number of rotatable bonds is 4. The number of hydrogen-bond acceptors (Lipinski definition) is 4. The quantitative estimate of drug-likeness (QED) is 0.854. The van der Waals surface area contributed by atoms with Crippen LogP contribution in [0.15, 0.2) is 18.2 Å². The smallest absolute Gasteiger partial charge is 0.257 e. The van der Waals surface area contributed by atoms with Crippen molar-refractivity contribution in [2.45, 2.75) is 25.6 Å². The van der Waals surface area contributed by atoms with Gasteiger partial charge in [-0.2, -0.15) is 0 Å². The Balaban J connectivity index is 2.26. The summed E-state index contributed by atoms with van der Waals surface area (Å²) in [6.45, 7) is 5.05. The van der Waals surface area contributed by atoms with Crippen LogP contribution >= 0.6 is 0 Å². The second-order valence-corrected chi connectivity index (χ2v) is 5.99. The molecule has 22 heavy (non-hydrogen) atoms.